The third-order valence-corrected chi connectivity index (χ3v) is 10.5. The number of hydrogen-bond acceptors (Lipinski definition) is 9. The summed E-state index contributed by atoms with van der Waals surface area (Å²) in [7, 11) is 0. The second-order valence-electron chi connectivity index (χ2n) is 14.1. The molecule has 2 saturated heterocycles. The predicted molar refractivity (Wildman–Crippen MR) is 209 cm³/mol. The van der Waals surface area contributed by atoms with E-state index < -0.39 is 62.7 Å². The second kappa shape index (κ2) is 15.5. The fraction of sp³-hybridized carbons (Fsp3) is 0.225. The Kier molecular flexibility index (Phi) is 10.2. The number of carboxylic acid groups (broad SMARTS) is 1. The van der Waals surface area contributed by atoms with Gasteiger partial charge >= 0.3 is 5.97 Å². The average molecular weight is 831 g/mol. The highest BCUT2D eigenvalue weighted by Crippen LogP contribution is 2.28. The molecule has 4 aromatic heterocycles. The molecule has 0 unspecified atom stereocenters. The highest BCUT2D eigenvalue weighted by Gasteiger charge is 2.28. The van der Waals surface area contributed by atoms with Crippen molar-refractivity contribution in [2.24, 2.45) is 0 Å². The van der Waals surface area contributed by atoms with E-state index >= 15 is 8.78 Å². The number of aromatic carboxylic acids is 1. The van der Waals surface area contributed by atoms with E-state index in [2.05, 4.69) is 9.97 Å². The first-order chi connectivity index (χ1) is 28.7. The summed E-state index contributed by atoms with van der Waals surface area (Å²) in [5.74, 6) is -7.07. The summed E-state index contributed by atoms with van der Waals surface area (Å²) in [6, 6.07) is 8.48. The van der Waals surface area contributed by atoms with Gasteiger partial charge in [-0.05, 0) is 36.4 Å². The second-order valence-corrected chi connectivity index (χ2v) is 14.1. The van der Waals surface area contributed by atoms with Crippen molar-refractivity contribution in [1.29, 1.82) is 10.8 Å². The maximum Gasteiger partial charge on any atom is 0.341 e. The van der Waals surface area contributed by atoms with Gasteiger partial charge in [-0.3, -0.25) is 29.5 Å². The summed E-state index contributed by atoms with van der Waals surface area (Å²) >= 11 is 0. The van der Waals surface area contributed by atoms with Gasteiger partial charge in [-0.25, -0.2) is 41.1 Å². The Morgan fingerprint density at radius 3 is 1.57 bits per heavy atom. The van der Waals surface area contributed by atoms with Crippen LogP contribution in [0.25, 0.3) is 33.4 Å². The monoisotopic (exact) mass is 830 g/mol. The number of piperazine rings is 2. The first kappa shape index (κ1) is 39.6. The van der Waals surface area contributed by atoms with E-state index in [4.69, 9.17) is 10.8 Å². The number of carboxylic acids is 1. The lowest BCUT2D eigenvalue weighted by Crippen LogP contribution is -2.52. The van der Waals surface area contributed by atoms with Crippen LogP contribution in [0.15, 0.2) is 76.6 Å². The van der Waals surface area contributed by atoms with E-state index in [9.17, 15) is 37.1 Å². The molecule has 60 heavy (non-hydrogen) atoms. The van der Waals surface area contributed by atoms with Gasteiger partial charge in [-0.2, -0.15) is 0 Å². The van der Waals surface area contributed by atoms with Gasteiger partial charge in [0.25, 0.3) is 0 Å². The molecule has 8 rings (SSSR count). The number of benzene rings is 2. The van der Waals surface area contributed by atoms with Gasteiger partial charge in [0.2, 0.25) is 5.43 Å². The Balaban J connectivity index is 0.931. The molecule has 0 radical (unpaired) electrons. The number of rotatable bonds is 7. The summed E-state index contributed by atoms with van der Waals surface area (Å²) < 4.78 is 90.2. The van der Waals surface area contributed by atoms with Crippen molar-refractivity contribution in [3.8, 4) is 11.4 Å². The molecule has 3 N–H and O–H groups in total. The topological polar surface area (TPSA) is 168 Å². The van der Waals surface area contributed by atoms with Crippen molar-refractivity contribution in [3.05, 3.63) is 128 Å². The van der Waals surface area contributed by atoms with Crippen LogP contribution in [-0.2, 0) is 0 Å². The number of aromatic nitrogens is 4. The van der Waals surface area contributed by atoms with Gasteiger partial charge < -0.3 is 24.7 Å². The van der Waals surface area contributed by atoms with E-state index in [1.807, 2.05) is 0 Å². The quantitative estimate of drug-likeness (QED) is 0.114. The number of nitrogens with zero attached hydrogens (tertiary/aromatic N) is 8. The molecule has 2 aliphatic rings. The number of anilines is 2. The van der Waals surface area contributed by atoms with Crippen LogP contribution in [0.5, 0.6) is 0 Å². The lowest BCUT2D eigenvalue weighted by molar-refractivity contribution is 0.0695. The minimum atomic E-state index is -1.64. The van der Waals surface area contributed by atoms with Crippen LogP contribution in [0, 0.1) is 45.7 Å². The molecule has 0 spiro atoms. The number of halogens is 6. The third kappa shape index (κ3) is 7.24. The van der Waals surface area contributed by atoms with Crippen LogP contribution in [0.2, 0.25) is 0 Å². The molecule has 2 aliphatic heterocycles. The minimum Gasteiger partial charge on any atom is -0.477 e. The molecular formula is C40H32F6N10O4. The zero-order chi connectivity index (χ0) is 42.6. The molecule has 308 valence electrons. The van der Waals surface area contributed by atoms with E-state index in [1.165, 1.54) is 16.8 Å². The fourth-order valence-corrected chi connectivity index (χ4v) is 7.44. The van der Waals surface area contributed by atoms with Gasteiger partial charge in [-0.15, -0.1) is 0 Å². The van der Waals surface area contributed by atoms with Gasteiger partial charge in [-0.1, -0.05) is 0 Å². The first-order valence-electron chi connectivity index (χ1n) is 18.4. The number of pyridine rings is 4. The van der Waals surface area contributed by atoms with Crippen molar-refractivity contribution < 1.29 is 36.2 Å². The Hall–Kier alpha value is -7.25. The van der Waals surface area contributed by atoms with Gasteiger partial charge in [0.1, 0.15) is 40.5 Å². The molecule has 6 heterocycles. The molecule has 2 fully saturated rings. The Bertz CT molecular complexity index is 2890. The summed E-state index contributed by atoms with van der Waals surface area (Å²) in [6.45, 7) is 1.70. The molecule has 20 heteroatoms. The van der Waals surface area contributed by atoms with Gasteiger partial charge in [0.15, 0.2) is 40.0 Å². The zero-order valence-corrected chi connectivity index (χ0v) is 31.2. The smallest absolute Gasteiger partial charge is 0.341 e. The molecular weight excluding hydrogens is 798 g/mol. The maximum atomic E-state index is 15.6. The predicted octanol–water partition coefficient (Wildman–Crippen LogP) is 4.91. The van der Waals surface area contributed by atoms with Crippen molar-refractivity contribution in [3.63, 3.8) is 0 Å². The average Bonchev–Trinajstić information content (AvgIpc) is 3.22. The Morgan fingerprint density at radius 1 is 0.617 bits per heavy atom. The molecule has 0 saturated carbocycles. The molecule has 2 aromatic carbocycles. The van der Waals surface area contributed by atoms with Gasteiger partial charge in [0, 0.05) is 83.0 Å². The standard InChI is InChI=1S/C40H32F6N10O4/c41-21-1-3-30(26(43)15-21)55-6-5-32(57)23-17-28(45)38(49-36(23)55)53-11-7-51(8-12-53)33(47)19-34(48)52-9-13-54(14-10-52)39-29(46)18-24-35(58)25(40(59)60)20-56(37(24)50-39)31-4-2-22(42)16-27(31)44/h1-6,15-18,20,47-48H,7-14,19H2,(H,59,60). The summed E-state index contributed by atoms with van der Waals surface area (Å²) in [6.07, 6.45) is 2.08. The van der Waals surface area contributed by atoms with E-state index in [1.54, 1.807) is 19.6 Å². The number of fused-ring (bicyclic) bond motifs is 2. The third-order valence-electron chi connectivity index (χ3n) is 10.5. The van der Waals surface area contributed by atoms with Crippen LogP contribution >= 0.6 is 0 Å². The van der Waals surface area contributed by atoms with Crippen LogP contribution in [-0.4, -0.2) is 104 Å². The lowest BCUT2D eigenvalue weighted by atomic mass is 10.1. The minimum absolute atomic E-state index is 0.0257. The normalized spacial score (nSPS) is 14.6. The molecule has 0 aliphatic carbocycles. The van der Waals surface area contributed by atoms with Gasteiger partial charge in [0.05, 0.1) is 28.6 Å². The highest BCUT2D eigenvalue weighted by atomic mass is 19.2. The summed E-state index contributed by atoms with van der Waals surface area (Å²) in [5, 5.41) is 26.6. The summed E-state index contributed by atoms with van der Waals surface area (Å²) in [4.78, 5) is 52.8. The highest BCUT2D eigenvalue weighted by molar-refractivity contribution is 6.00. The number of carbonyl (C=O) groups is 1. The number of hydrogen-bond donors (Lipinski definition) is 3. The summed E-state index contributed by atoms with van der Waals surface area (Å²) in [5.41, 5.74) is -3.03. The molecule has 0 atom stereocenters. The lowest BCUT2D eigenvalue weighted by Gasteiger charge is -2.39. The van der Waals surface area contributed by atoms with Crippen molar-refractivity contribution >= 4 is 51.3 Å². The van der Waals surface area contributed by atoms with E-state index in [0.29, 0.717) is 12.1 Å². The SMILES string of the molecule is N=C(CC(=N)N1CCN(c2nc3c(cc2F)c(=O)c(C(=O)O)cn3-c2ccc(F)cc2F)CC1)N1CCN(c2nc3c(cc2F)c(=O)ccn3-c2ccc(F)cc2F)CC1. The molecule has 6 aromatic rings. The van der Waals surface area contributed by atoms with Crippen molar-refractivity contribution in [2.45, 2.75) is 6.42 Å². The largest absolute Gasteiger partial charge is 0.477 e. The zero-order valence-electron chi connectivity index (χ0n) is 31.2. The van der Waals surface area contributed by atoms with Crippen LogP contribution < -0.4 is 20.7 Å². The van der Waals surface area contributed by atoms with Crippen molar-refractivity contribution in [2.75, 3.05) is 62.2 Å². The van der Waals surface area contributed by atoms with E-state index in [-0.39, 0.29) is 110 Å². The van der Waals surface area contributed by atoms with Crippen LogP contribution in [0.3, 0.4) is 0 Å². The maximum absolute atomic E-state index is 15.6. The van der Waals surface area contributed by atoms with E-state index in [0.717, 1.165) is 47.2 Å². The van der Waals surface area contributed by atoms with Crippen molar-refractivity contribution in [1.82, 2.24) is 28.9 Å². The number of amidine groups is 2. The Labute approximate surface area is 334 Å². The Morgan fingerprint density at radius 2 is 1.08 bits per heavy atom. The van der Waals surface area contributed by atoms with Crippen LogP contribution in [0.4, 0.5) is 38.0 Å². The molecule has 14 nitrogen and oxygen atoms in total. The van der Waals surface area contributed by atoms with Crippen LogP contribution in [0.1, 0.15) is 16.8 Å². The fourth-order valence-electron chi connectivity index (χ4n) is 7.44. The molecule has 0 amide bonds. The molecule has 0 bridgehead atoms. The number of nitrogens with one attached hydrogen (secondary N) is 2. The first-order valence-corrected chi connectivity index (χ1v) is 18.4.